The number of hydrogen-bond acceptors (Lipinski definition) is 2. The molecule has 1 rings (SSSR count). The van der Waals surface area contributed by atoms with Crippen LogP contribution in [0, 0.1) is 0 Å². The van der Waals surface area contributed by atoms with Gasteiger partial charge in [0.15, 0.2) is 0 Å². The fourth-order valence-corrected chi connectivity index (χ4v) is 2.55. The minimum atomic E-state index is 0.00662. The zero-order chi connectivity index (χ0) is 14.1. The molecule has 3 nitrogen and oxygen atoms in total. The Bertz CT molecular complexity index is 405. The van der Waals surface area contributed by atoms with Crippen LogP contribution >= 0.6 is 0 Å². The number of nitrogens with zero attached hydrogens (tertiary/aromatic N) is 2. The molecule has 0 aliphatic rings. The van der Waals surface area contributed by atoms with Gasteiger partial charge < -0.3 is 5.11 Å². The lowest BCUT2D eigenvalue weighted by atomic mass is 9.78. The lowest BCUT2D eigenvalue weighted by molar-refractivity contribution is 0.272. The molecular weight excluding hydrogens is 224 g/mol. The van der Waals surface area contributed by atoms with E-state index in [1.54, 1.807) is 0 Å². The molecule has 0 saturated heterocycles. The van der Waals surface area contributed by atoms with Crippen LogP contribution in [-0.4, -0.2) is 14.9 Å². The predicted octanol–water partition coefficient (Wildman–Crippen LogP) is 3.38. The molecule has 1 N–H and O–H groups in total. The van der Waals surface area contributed by atoms with Crippen molar-refractivity contribution in [3.8, 4) is 0 Å². The summed E-state index contributed by atoms with van der Waals surface area (Å²) in [4.78, 5) is 0. The average molecular weight is 252 g/mol. The first-order valence-electron chi connectivity index (χ1n) is 6.84. The quantitative estimate of drug-likeness (QED) is 0.895. The molecule has 0 aliphatic heterocycles. The Morgan fingerprint density at radius 3 is 1.94 bits per heavy atom. The van der Waals surface area contributed by atoms with Crippen molar-refractivity contribution in [2.75, 3.05) is 0 Å². The van der Waals surface area contributed by atoms with E-state index in [2.05, 4.69) is 58.2 Å². The van der Waals surface area contributed by atoms with Crippen LogP contribution in [0.4, 0.5) is 0 Å². The van der Waals surface area contributed by atoms with Gasteiger partial charge in [-0.3, -0.25) is 4.68 Å². The Balaban J connectivity index is 3.54. The van der Waals surface area contributed by atoms with Gasteiger partial charge in [0.2, 0.25) is 0 Å². The van der Waals surface area contributed by atoms with Crippen LogP contribution in [0.25, 0.3) is 0 Å². The summed E-state index contributed by atoms with van der Waals surface area (Å²) in [5, 5.41) is 14.2. The Labute approximate surface area is 111 Å². The largest absolute Gasteiger partial charge is 0.390 e. The van der Waals surface area contributed by atoms with Crippen LogP contribution < -0.4 is 0 Å². The Morgan fingerprint density at radius 2 is 1.61 bits per heavy atom. The number of aliphatic hydroxyl groups is 1. The lowest BCUT2D eigenvalue weighted by Gasteiger charge is -2.28. The van der Waals surface area contributed by atoms with Gasteiger partial charge in [-0.25, -0.2) is 0 Å². The van der Waals surface area contributed by atoms with Gasteiger partial charge in [0, 0.05) is 23.2 Å². The second-order valence-corrected chi connectivity index (χ2v) is 7.05. The third-order valence-electron chi connectivity index (χ3n) is 3.07. The van der Waals surface area contributed by atoms with Crippen molar-refractivity contribution in [3.63, 3.8) is 0 Å². The monoisotopic (exact) mass is 252 g/mol. The first-order chi connectivity index (χ1) is 8.12. The minimum Gasteiger partial charge on any atom is -0.390 e. The van der Waals surface area contributed by atoms with Crippen LogP contribution in [0.1, 0.15) is 71.8 Å². The SMILES string of the molecule is CCCn1nc(CO)c(C(C)(C)C)c1C(C)(C)C. The van der Waals surface area contributed by atoms with Gasteiger partial charge in [-0.05, 0) is 11.8 Å². The molecule has 1 aromatic rings. The van der Waals surface area contributed by atoms with E-state index in [0.29, 0.717) is 0 Å². The highest BCUT2D eigenvalue weighted by molar-refractivity contribution is 5.37. The molecule has 0 amide bonds. The standard InChI is InChI=1S/C15H28N2O/c1-8-9-17-13(15(5,6)7)12(14(2,3)4)11(10-18)16-17/h18H,8-10H2,1-7H3. The van der Waals surface area contributed by atoms with E-state index < -0.39 is 0 Å². The summed E-state index contributed by atoms with van der Waals surface area (Å²) in [6.07, 6.45) is 1.05. The molecule has 1 aromatic heterocycles. The molecule has 1 heterocycles. The van der Waals surface area contributed by atoms with E-state index in [9.17, 15) is 5.11 Å². The van der Waals surface area contributed by atoms with Gasteiger partial charge in [-0.15, -0.1) is 0 Å². The van der Waals surface area contributed by atoms with E-state index >= 15 is 0 Å². The Morgan fingerprint density at radius 1 is 1.06 bits per heavy atom. The zero-order valence-electron chi connectivity index (χ0n) is 13.0. The first-order valence-corrected chi connectivity index (χ1v) is 6.84. The molecule has 0 fully saturated rings. The summed E-state index contributed by atoms with van der Waals surface area (Å²) in [5.74, 6) is 0. The van der Waals surface area contributed by atoms with Crippen molar-refractivity contribution >= 4 is 0 Å². The lowest BCUT2D eigenvalue weighted by Crippen LogP contribution is -2.25. The second-order valence-electron chi connectivity index (χ2n) is 7.05. The molecule has 0 aromatic carbocycles. The average Bonchev–Trinajstić information content (AvgIpc) is 2.56. The Hall–Kier alpha value is -0.830. The molecule has 3 heteroatoms. The number of aryl methyl sites for hydroxylation is 1. The van der Waals surface area contributed by atoms with Crippen molar-refractivity contribution in [2.45, 2.75) is 78.9 Å². The number of rotatable bonds is 3. The summed E-state index contributed by atoms with van der Waals surface area (Å²) >= 11 is 0. The van der Waals surface area contributed by atoms with Crippen molar-refractivity contribution in [1.29, 1.82) is 0 Å². The normalized spacial score (nSPS) is 13.1. The molecule has 0 atom stereocenters. The van der Waals surface area contributed by atoms with E-state index in [1.165, 1.54) is 11.3 Å². The fourth-order valence-electron chi connectivity index (χ4n) is 2.55. The summed E-state index contributed by atoms with van der Waals surface area (Å²) in [6.45, 7) is 16.3. The smallest absolute Gasteiger partial charge is 0.0919 e. The maximum absolute atomic E-state index is 9.58. The minimum absolute atomic E-state index is 0.00662. The van der Waals surface area contributed by atoms with Crippen molar-refractivity contribution in [3.05, 3.63) is 17.0 Å². The maximum atomic E-state index is 9.58. The zero-order valence-corrected chi connectivity index (χ0v) is 13.0. The van der Waals surface area contributed by atoms with Crippen molar-refractivity contribution in [1.82, 2.24) is 9.78 Å². The number of hydrogen-bond donors (Lipinski definition) is 1. The number of aromatic nitrogens is 2. The van der Waals surface area contributed by atoms with Gasteiger partial charge in [0.25, 0.3) is 0 Å². The van der Waals surface area contributed by atoms with Gasteiger partial charge in [0.1, 0.15) is 0 Å². The topological polar surface area (TPSA) is 38.0 Å². The van der Waals surface area contributed by atoms with Crippen LogP contribution in [0.15, 0.2) is 0 Å². The van der Waals surface area contributed by atoms with Crippen LogP contribution in [0.2, 0.25) is 0 Å². The van der Waals surface area contributed by atoms with Crippen LogP contribution in [0.5, 0.6) is 0 Å². The molecule has 0 aliphatic carbocycles. The van der Waals surface area contributed by atoms with Crippen LogP contribution in [-0.2, 0) is 24.0 Å². The van der Waals surface area contributed by atoms with Crippen molar-refractivity contribution in [2.24, 2.45) is 0 Å². The molecule has 0 spiro atoms. The third kappa shape index (κ3) is 2.94. The van der Waals surface area contributed by atoms with Gasteiger partial charge in [-0.2, -0.15) is 5.10 Å². The summed E-state index contributed by atoms with van der Waals surface area (Å²) in [5.41, 5.74) is 3.36. The maximum Gasteiger partial charge on any atom is 0.0919 e. The fraction of sp³-hybridized carbons (Fsp3) is 0.800. The van der Waals surface area contributed by atoms with E-state index in [1.807, 2.05) is 0 Å². The van der Waals surface area contributed by atoms with Gasteiger partial charge in [-0.1, -0.05) is 48.5 Å². The van der Waals surface area contributed by atoms with E-state index in [4.69, 9.17) is 0 Å². The summed E-state index contributed by atoms with van der Waals surface area (Å²) in [6, 6.07) is 0. The molecule has 0 saturated carbocycles. The Kier molecular flexibility index (Phi) is 4.26. The van der Waals surface area contributed by atoms with Gasteiger partial charge in [0.05, 0.1) is 12.3 Å². The summed E-state index contributed by atoms with van der Waals surface area (Å²) < 4.78 is 2.09. The highest BCUT2D eigenvalue weighted by Crippen LogP contribution is 2.36. The highest BCUT2D eigenvalue weighted by atomic mass is 16.3. The van der Waals surface area contributed by atoms with Crippen molar-refractivity contribution < 1.29 is 5.11 Å². The highest BCUT2D eigenvalue weighted by Gasteiger charge is 2.32. The molecule has 0 unspecified atom stereocenters. The molecule has 0 radical (unpaired) electrons. The summed E-state index contributed by atoms with van der Waals surface area (Å²) in [7, 11) is 0. The first kappa shape index (κ1) is 15.2. The third-order valence-corrected chi connectivity index (χ3v) is 3.07. The molecule has 18 heavy (non-hydrogen) atoms. The number of aliphatic hydroxyl groups excluding tert-OH is 1. The predicted molar refractivity (Wildman–Crippen MR) is 75.8 cm³/mol. The van der Waals surface area contributed by atoms with Gasteiger partial charge >= 0.3 is 0 Å². The molecule has 104 valence electrons. The van der Waals surface area contributed by atoms with Crippen LogP contribution in [0.3, 0.4) is 0 Å². The molecular formula is C15H28N2O. The second kappa shape index (κ2) is 5.04. The molecule has 0 bridgehead atoms. The van der Waals surface area contributed by atoms with E-state index in [-0.39, 0.29) is 17.4 Å². The van der Waals surface area contributed by atoms with E-state index in [0.717, 1.165) is 18.7 Å².